The number of rotatable bonds is 8. The van der Waals surface area contributed by atoms with E-state index in [9.17, 15) is 4.39 Å². The standard InChI is InChI=1S/C28H38FN3/c1-18(2)26-21(10-11-22-17-23(29)12-13-24(22)26)14-16-32(5)15-6-7-25-30-27-19(3)8-9-20(4)28(27)31-25/h8-9,12-13,17-18,21,26H,6-7,10-11,14-16H2,1-5H3,(H,30,31)/t21?,26-/m1/s1. The number of halogens is 1. The fraction of sp³-hybridized carbons (Fsp3) is 0.536. The summed E-state index contributed by atoms with van der Waals surface area (Å²) >= 11 is 0. The van der Waals surface area contributed by atoms with Crippen LogP contribution in [0.5, 0.6) is 0 Å². The van der Waals surface area contributed by atoms with Crippen LogP contribution in [0.4, 0.5) is 4.39 Å². The molecule has 3 aromatic rings. The van der Waals surface area contributed by atoms with Gasteiger partial charge in [0.05, 0.1) is 11.0 Å². The molecule has 2 aromatic carbocycles. The molecule has 0 radical (unpaired) electrons. The Morgan fingerprint density at radius 3 is 2.66 bits per heavy atom. The molecule has 4 heteroatoms. The number of fused-ring (bicyclic) bond motifs is 2. The smallest absolute Gasteiger partial charge is 0.123 e. The van der Waals surface area contributed by atoms with Gasteiger partial charge in [-0.2, -0.15) is 0 Å². The van der Waals surface area contributed by atoms with E-state index in [1.165, 1.54) is 40.6 Å². The van der Waals surface area contributed by atoms with Crippen molar-refractivity contribution in [3.63, 3.8) is 0 Å². The molecule has 32 heavy (non-hydrogen) atoms. The molecule has 1 N–H and O–H groups in total. The van der Waals surface area contributed by atoms with Crippen molar-refractivity contribution in [3.05, 3.63) is 64.2 Å². The summed E-state index contributed by atoms with van der Waals surface area (Å²) in [5.41, 5.74) is 7.41. The topological polar surface area (TPSA) is 31.9 Å². The molecule has 1 aromatic heterocycles. The van der Waals surface area contributed by atoms with Gasteiger partial charge < -0.3 is 9.88 Å². The number of hydrogen-bond acceptors (Lipinski definition) is 2. The van der Waals surface area contributed by atoms with Crippen LogP contribution in [0.3, 0.4) is 0 Å². The Morgan fingerprint density at radius 1 is 1.12 bits per heavy atom. The molecule has 0 fully saturated rings. The van der Waals surface area contributed by atoms with Gasteiger partial charge >= 0.3 is 0 Å². The van der Waals surface area contributed by atoms with Crippen molar-refractivity contribution in [1.82, 2.24) is 14.9 Å². The minimum Gasteiger partial charge on any atom is -0.342 e. The highest BCUT2D eigenvalue weighted by atomic mass is 19.1. The Balaban J connectivity index is 1.30. The number of imidazole rings is 1. The van der Waals surface area contributed by atoms with E-state index in [2.05, 4.69) is 56.8 Å². The average Bonchev–Trinajstić information content (AvgIpc) is 3.19. The summed E-state index contributed by atoms with van der Waals surface area (Å²) < 4.78 is 13.7. The van der Waals surface area contributed by atoms with Crippen LogP contribution in [0.1, 0.15) is 67.1 Å². The number of nitrogens with one attached hydrogen (secondary N) is 1. The lowest BCUT2D eigenvalue weighted by Gasteiger charge is -2.37. The van der Waals surface area contributed by atoms with Gasteiger partial charge in [-0.15, -0.1) is 0 Å². The van der Waals surface area contributed by atoms with Crippen LogP contribution >= 0.6 is 0 Å². The van der Waals surface area contributed by atoms with Crippen molar-refractivity contribution < 1.29 is 4.39 Å². The maximum absolute atomic E-state index is 13.7. The van der Waals surface area contributed by atoms with E-state index in [-0.39, 0.29) is 5.82 Å². The highest BCUT2D eigenvalue weighted by Gasteiger charge is 2.31. The third-order valence-electron chi connectivity index (χ3n) is 7.41. The highest BCUT2D eigenvalue weighted by Crippen LogP contribution is 2.42. The first-order valence-corrected chi connectivity index (χ1v) is 12.2. The van der Waals surface area contributed by atoms with Gasteiger partial charge in [0.25, 0.3) is 0 Å². The van der Waals surface area contributed by atoms with Crippen molar-refractivity contribution in [1.29, 1.82) is 0 Å². The lowest BCUT2D eigenvalue weighted by molar-refractivity contribution is 0.238. The predicted octanol–water partition coefficient (Wildman–Crippen LogP) is 6.58. The second-order valence-electron chi connectivity index (χ2n) is 10.2. The first kappa shape index (κ1) is 23.0. The van der Waals surface area contributed by atoms with Crippen molar-refractivity contribution in [3.8, 4) is 0 Å². The number of aromatic nitrogens is 2. The number of H-pyrrole nitrogens is 1. The van der Waals surface area contributed by atoms with Gasteiger partial charge in [0.15, 0.2) is 0 Å². The molecule has 0 saturated carbocycles. The van der Waals surface area contributed by atoms with Crippen molar-refractivity contribution in [2.45, 2.75) is 65.7 Å². The second kappa shape index (κ2) is 9.74. The Bertz CT molecular complexity index is 1030. The molecular weight excluding hydrogens is 397 g/mol. The van der Waals surface area contributed by atoms with Crippen molar-refractivity contribution in [2.24, 2.45) is 11.8 Å². The SMILES string of the molecule is Cc1ccc(C)c2[nH]c(CCCN(C)CCC3CCc4cc(F)ccc4[C@@H]3C(C)C)nc12. The van der Waals surface area contributed by atoms with E-state index >= 15 is 0 Å². The molecule has 1 heterocycles. The molecule has 1 aliphatic carbocycles. The van der Waals surface area contributed by atoms with Gasteiger partial charge in [-0.3, -0.25) is 0 Å². The van der Waals surface area contributed by atoms with Crippen LogP contribution in [-0.2, 0) is 12.8 Å². The van der Waals surface area contributed by atoms with Crippen molar-refractivity contribution >= 4 is 11.0 Å². The molecule has 0 amide bonds. The Kier molecular flexibility index (Phi) is 6.99. The molecule has 1 aliphatic rings. The zero-order valence-corrected chi connectivity index (χ0v) is 20.3. The van der Waals surface area contributed by atoms with Crippen LogP contribution in [0.15, 0.2) is 30.3 Å². The normalized spacial score (nSPS) is 18.6. The number of aromatic amines is 1. The largest absolute Gasteiger partial charge is 0.342 e. The van der Waals surface area contributed by atoms with E-state index in [1.807, 2.05) is 6.07 Å². The van der Waals surface area contributed by atoms with Crippen LogP contribution in [0, 0.1) is 31.5 Å². The Hall–Kier alpha value is -2.20. The number of aryl methyl sites for hydroxylation is 4. The first-order valence-electron chi connectivity index (χ1n) is 12.2. The summed E-state index contributed by atoms with van der Waals surface area (Å²) in [6.45, 7) is 11.1. The van der Waals surface area contributed by atoms with Gasteiger partial charge in [-0.1, -0.05) is 32.0 Å². The summed E-state index contributed by atoms with van der Waals surface area (Å²) in [5, 5.41) is 0. The lowest BCUT2D eigenvalue weighted by Crippen LogP contribution is -2.29. The fourth-order valence-electron chi connectivity index (χ4n) is 5.66. The van der Waals surface area contributed by atoms with Gasteiger partial charge in [0.1, 0.15) is 11.6 Å². The number of nitrogens with zero attached hydrogens (tertiary/aromatic N) is 2. The molecule has 172 valence electrons. The number of hydrogen-bond donors (Lipinski definition) is 1. The van der Waals surface area contributed by atoms with Crippen LogP contribution in [-0.4, -0.2) is 35.0 Å². The minimum atomic E-state index is -0.0980. The average molecular weight is 436 g/mol. The summed E-state index contributed by atoms with van der Waals surface area (Å²) in [4.78, 5) is 10.9. The molecule has 1 unspecified atom stereocenters. The second-order valence-corrected chi connectivity index (χ2v) is 10.2. The molecule has 0 aliphatic heterocycles. The van der Waals surface area contributed by atoms with E-state index in [0.29, 0.717) is 17.8 Å². The number of benzene rings is 2. The van der Waals surface area contributed by atoms with Crippen molar-refractivity contribution in [2.75, 3.05) is 20.1 Å². The maximum atomic E-state index is 13.7. The molecule has 0 spiro atoms. The first-order chi connectivity index (χ1) is 15.3. The van der Waals surface area contributed by atoms with Gasteiger partial charge in [-0.25, -0.2) is 9.37 Å². The quantitative estimate of drug-likeness (QED) is 0.434. The third-order valence-corrected chi connectivity index (χ3v) is 7.41. The monoisotopic (exact) mass is 435 g/mol. The molecule has 2 atom stereocenters. The summed E-state index contributed by atoms with van der Waals surface area (Å²) in [5.74, 6) is 2.79. The Labute approximate surface area is 192 Å². The third kappa shape index (κ3) is 4.91. The van der Waals surface area contributed by atoms with Gasteiger partial charge in [0, 0.05) is 6.42 Å². The van der Waals surface area contributed by atoms with E-state index in [0.717, 1.165) is 43.7 Å². The fourth-order valence-corrected chi connectivity index (χ4v) is 5.66. The van der Waals surface area contributed by atoms with Crippen LogP contribution in [0.25, 0.3) is 11.0 Å². The van der Waals surface area contributed by atoms with E-state index in [4.69, 9.17) is 4.98 Å². The minimum absolute atomic E-state index is 0.0980. The van der Waals surface area contributed by atoms with E-state index < -0.39 is 0 Å². The zero-order valence-electron chi connectivity index (χ0n) is 20.3. The van der Waals surface area contributed by atoms with Crippen LogP contribution < -0.4 is 0 Å². The van der Waals surface area contributed by atoms with Crippen LogP contribution in [0.2, 0.25) is 0 Å². The summed E-state index contributed by atoms with van der Waals surface area (Å²) in [6, 6.07) is 9.76. The maximum Gasteiger partial charge on any atom is 0.123 e. The van der Waals surface area contributed by atoms with E-state index in [1.54, 1.807) is 12.1 Å². The summed E-state index contributed by atoms with van der Waals surface area (Å²) in [7, 11) is 2.24. The zero-order chi connectivity index (χ0) is 22.8. The molecule has 0 saturated heterocycles. The lowest BCUT2D eigenvalue weighted by atomic mass is 9.69. The van der Waals surface area contributed by atoms with Gasteiger partial charge in [-0.05, 0) is 112 Å². The molecular formula is C28H38FN3. The molecule has 4 rings (SSSR count). The Morgan fingerprint density at radius 2 is 1.91 bits per heavy atom. The van der Waals surface area contributed by atoms with Gasteiger partial charge in [0.2, 0.25) is 0 Å². The molecule has 0 bridgehead atoms. The predicted molar refractivity (Wildman–Crippen MR) is 132 cm³/mol. The summed E-state index contributed by atoms with van der Waals surface area (Å²) in [6.07, 6.45) is 5.48. The highest BCUT2D eigenvalue weighted by molar-refractivity contribution is 5.81. The molecule has 3 nitrogen and oxygen atoms in total.